The first-order valence-electron chi connectivity index (χ1n) is 5.48. The van der Waals surface area contributed by atoms with Gasteiger partial charge in [-0.1, -0.05) is 6.92 Å². The van der Waals surface area contributed by atoms with Gasteiger partial charge in [-0.3, -0.25) is 4.72 Å². The van der Waals surface area contributed by atoms with E-state index in [1.807, 2.05) is 6.92 Å². The van der Waals surface area contributed by atoms with Crippen LogP contribution in [0, 0.1) is 0 Å². The van der Waals surface area contributed by atoms with Crippen molar-refractivity contribution in [1.82, 2.24) is 10.2 Å². The van der Waals surface area contributed by atoms with Gasteiger partial charge in [-0.25, -0.2) is 8.42 Å². The number of aromatic nitrogens is 2. The predicted molar refractivity (Wildman–Crippen MR) is 67.4 cm³/mol. The van der Waals surface area contributed by atoms with Gasteiger partial charge in [0.15, 0.2) is 0 Å². The summed E-state index contributed by atoms with van der Waals surface area (Å²) in [6, 6.07) is 6.76. The van der Waals surface area contributed by atoms with Gasteiger partial charge in [0, 0.05) is 11.3 Å². The van der Waals surface area contributed by atoms with Crippen molar-refractivity contribution >= 4 is 15.7 Å². The van der Waals surface area contributed by atoms with E-state index in [2.05, 4.69) is 14.9 Å². The molecule has 2 rings (SSSR count). The first-order valence-corrected chi connectivity index (χ1v) is 7.13. The second kappa shape index (κ2) is 5.18. The summed E-state index contributed by atoms with van der Waals surface area (Å²) < 4.78 is 30.7. The first kappa shape index (κ1) is 12.6. The average Bonchev–Trinajstić information content (AvgIpc) is 2.82. The maximum absolute atomic E-state index is 11.6. The molecule has 0 aliphatic rings. The number of sulfonamides is 1. The van der Waals surface area contributed by atoms with Crippen LogP contribution < -0.4 is 4.72 Å². The SMILES string of the molecule is CCCS(=O)(=O)Nc1ccc(-c2nnco2)cc1. The lowest BCUT2D eigenvalue weighted by atomic mass is 10.2. The van der Waals surface area contributed by atoms with Gasteiger partial charge in [-0.15, -0.1) is 10.2 Å². The summed E-state index contributed by atoms with van der Waals surface area (Å²) in [7, 11) is -3.25. The highest BCUT2D eigenvalue weighted by Gasteiger charge is 2.09. The molecule has 18 heavy (non-hydrogen) atoms. The first-order chi connectivity index (χ1) is 8.61. The van der Waals surface area contributed by atoms with E-state index in [-0.39, 0.29) is 5.75 Å². The zero-order valence-electron chi connectivity index (χ0n) is 9.83. The van der Waals surface area contributed by atoms with Gasteiger partial charge in [0.05, 0.1) is 5.75 Å². The van der Waals surface area contributed by atoms with Crippen LogP contribution in [0.2, 0.25) is 0 Å². The molecule has 0 bridgehead atoms. The largest absolute Gasteiger partial charge is 0.423 e. The number of nitrogens with zero attached hydrogens (tertiary/aromatic N) is 2. The molecule has 96 valence electrons. The van der Waals surface area contributed by atoms with E-state index in [0.29, 0.717) is 18.0 Å². The molecule has 0 radical (unpaired) electrons. The average molecular weight is 267 g/mol. The van der Waals surface area contributed by atoms with Gasteiger partial charge in [0.2, 0.25) is 22.3 Å². The van der Waals surface area contributed by atoms with Crippen molar-refractivity contribution in [2.75, 3.05) is 10.5 Å². The Morgan fingerprint density at radius 2 is 2.00 bits per heavy atom. The summed E-state index contributed by atoms with van der Waals surface area (Å²) in [4.78, 5) is 0. The Balaban J connectivity index is 2.14. The van der Waals surface area contributed by atoms with Gasteiger partial charge >= 0.3 is 0 Å². The van der Waals surface area contributed by atoms with E-state index in [9.17, 15) is 8.42 Å². The molecular weight excluding hydrogens is 254 g/mol. The van der Waals surface area contributed by atoms with Crippen LogP contribution >= 0.6 is 0 Å². The molecule has 1 aromatic carbocycles. The molecule has 0 spiro atoms. The molecule has 1 aromatic heterocycles. The van der Waals surface area contributed by atoms with Crippen LogP contribution in [0.1, 0.15) is 13.3 Å². The van der Waals surface area contributed by atoms with Crippen LogP contribution in [-0.4, -0.2) is 24.4 Å². The van der Waals surface area contributed by atoms with Crippen LogP contribution in [0.25, 0.3) is 11.5 Å². The normalized spacial score (nSPS) is 11.4. The molecule has 0 unspecified atom stereocenters. The standard InChI is InChI=1S/C11H13N3O3S/c1-2-7-18(15,16)14-10-5-3-9(4-6-10)11-13-12-8-17-11/h3-6,8,14H,2,7H2,1H3. The highest BCUT2D eigenvalue weighted by molar-refractivity contribution is 7.92. The summed E-state index contributed by atoms with van der Waals surface area (Å²) in [5, 5.41) is 7.34. The molecule has 1 heterocycles. The fourth-order valence-electron chi connectivity index (χ4n) is 1.48. The monoisotopic (exact) mass is 267 g/mol. The van der Waals surface area contributed by atoms with Gasteiger partial charge < -0.3 is 4.42 Å². The quantitative estimate of drug-likeness (QED) is 0.894. The highest BCUT2D eigenvalue weighted by atomic mass is 32.2. The highest BCUT2D eigenvalue weighted by Crippen LogP contribution is 2.19. The zero-order chi connectivity index (χ0) is 13.0. The molecule has 0 aliphatic carbocycles. The molecule has 0 fully saturated rings. The number of anilines is 1. The van der Waals surface area contributed by atoms with E-state index >= 15 is 0 Å². The Bertz CT molecular complexity index is 591. The minimum atomic E-state index is -3.25. The third-order valence-corrected chi connectivity index (χ3v) is 3.73. The third-order valence-electron chi connectivity index (χ3n) is 2.24. The number of nitrogens with one attached hydrogen (secondary N) is 1. The topological polar surface area (TPSA) is 85.1 Å². The second-order valence-electron chi connectivity index (χ2n) is 3.74. The minimum Gasteiger partial charge on any atom is -0.423 e. The maximum atomic E-state index is 11.6. The minimum absolute atomic E-state index is 0.110. The number of hydrogen-bond acceptors (Lipinski definition) is 5. The van der Waals surface area contributed by atoms with Crippen LogP contribution in [-0.2, 0) is 10.0 Å². The van der Waals surface area contributed by atoms with Crippen molar-refractivity contribution in [2.45, 2.75) is 13.3 Å². The molecule has 2 aromatic rings. The van der Waals surface area contributed by atoms with E-state index < -0.39 is 10.0 Å². The molecule has 7 heteroatoms. The molecule has 0 saturated heterocycles. The lowest BCUT2D eigenvalue weighted by molar-refractivity contribution is 0.568. The second-order valence-corrected chi connectivity index (χ2v) is 5.58. The van der Waals surface area contributed by atoms with Gasteiger partial charge in [-0.2, -0.15) is 0 Å². The van der Waals surface area contributed by atoms with Crippen molar-refractivity contribution in [3.8, 4) is 11.5 Å². The molecule has 6 nitrogen and oxygen atoms in total. The van der Waals surface area contributed by atoms with Crippen LogP contribution in [0.3, 0.4) is 0 Å². The molecule has 1 N–H and O–H groups in total. The van der Waals surface area contributed by atoms with Gasteiger partial charge in [-0.05, 0) is 30.7 Å². The van der Waals surface area contributed by atoms with Crippen molar-refractivity contribution in [3.63, 3.8) is 0 Å². The molecule has 0 aliphatic heterocycles. The predicted octanol–water partition coefficient (Wildman–Crippen LogP) is 1.89. The Labute approximate surface area is 105 Å². The summed E-state index contributed by atoms with van der Waals surface area (Å²) >= 11 is 0. The van der Waals surface area contributed by atoms with Gasteiger partial charge in [0.25, 0.3) is 0 Å². The van der Waals surface area contributed by atoms with Gasteiger partial charge in [0.1, 0.15) is 0 Å². The Morgan fingerprint density at radius 3 is 2.56 bits per heavy atom. The Hall–Kier alpha value is -1.89. The summed E-state index contributed by atoms with van der Waals surface area (Å²) in [6.45, 7) is 1.82. The van der Waals surface area contributed by atoms with Crippen molar-refractivity contribution in [3.05, 3.63) is 30.7 Å². The summed E-state index contributed by atoms with van der Waals surface area (Å²) in [6.07, 6.45) is 1.82. The van der Waals surface area contributed by atoms with Crippen LogP contribution in [0.4, 0.5) is 5.69 Å². The van der Waals surface area contributed by atoms with Crippen molar-refractivity contribution in [2.24, 2.45) is 0 Å². The number of hydrogen-bond donors (Lipinski definition) is 1. The molecule has 0 amide bonds. The molecule has 0 saturated carbocycles. The summed E-state index contributed by atoms with van der Waals surface area (Å²) in [5.74, 6) is 0.510. The zero-order valence-corrected chi connectivity index (χ0v) is 10.6. The fraction of sp³-hybridized carbons (Fsp3) is 0.273. The summed E-state index contributed by atoms with van der Waals surface area (Å²) in [5.41, 5.74) is 1.26. The van der Waals surface area contributed by atoms with E-state index in [1.54, 1.807) is 24.3 Å². The van der Waals surface area contributed by atoms with Crippen LogP contribution in [0.15, 0.2) is 35.1 Å². The van der Waals surface area contributed by atoms with E-state index in [0.717, 1.165) is 5.56 Å². The molecule has 0 atom stereocenters. The van der Waals surface area contributed by atoms with Crippen LogP contribution in [0.5, 0.6) is 0 Å². The molecular formula is C11H13N3O3S. The maximum Gasteiger partial charge on any atom is 0.247 e. The Morgan fingerprint density at radius 1 is 1.28 bits per heavy atom. The van der Waals surface area contributed by atoms with Crippen molar-refractivity contribution < 1.29 is 12.8 Å². The fourth-order valence-corrected chi connectivity index (χ4v) is 2.61. The lowest BCUT2D eigenvalue weighted by Gasteiger charge is -2.06. The smallest absolute Gasteiger partial charge is 0.247 e. The third kappa shape index (κ3) is 3.07. The Kier molecular flexibility index (Phi) is 3.61. The lowest BCUT2D eigenvalue weighted by Crippen LogP contribution is -2.15. The number of benzene rings is 1. The number of rotatable bonds is 5. The van der Waals surface area contributed by atoms with E-state index in [1.165, 1.54) is 6.39 Å². The van der Waals surface area contributed by atoms with Crippen molar-refractivity contribution in [1.29, 1.82) is 0 Å². The van der Waals surface area contributed by atoms with E-state index in [4.69, 9.17) is 4.42 Å².